The molecule has 0 spiro atoms. The van der Waals surface area contributed by atoms with E-state index in [1.807, 2.05) is 6.07 Å². The lowest BCUT2D eigenvalue weighted by Gasteiger charge is -2.34. The van der Waals surface area contributed by atoms with Gasteiger partial charge in [-0.2, -0.15) is 0 Å². The molecule has 3 unspecified atom stereocenters. The number of ether oxygens (including phenoxy) is 2. The molecule has 3 atom stereocenters. The Kier molecular flexibility index (Phi) is 4.60. The first-order chi connectivity index (χ1) is 13.0. The van der Waals surface area contributed by atoms with E-state index in [0.717, 1.165) is 17.9 Å². The van der Waals surface area contributed by atoms with Crippen molar-refractivity contribution >= 4 is 10.9 Å². The third-order valence-electron chi connectivity index (χ3n) is 5.93. The second-order valence-corrected chi connectivity index (χ2v) is 7.69. The van der Waals surface area contributed by atoms with Crippen LogP contribution in [-0.4, -0.2) is 25.2 Å². The second kappa shape index (κ2) is 6.93. The minimum atomic E-state index is 0.247. The minimum Gasteiger partial charge on any atom is -0.493 e. The summed E-state index contributed by atoms with van der Waals surface area (Å²) in [5.74, 6) is 2.01. The zero-order valence-electron chi connectivity index (χ0n) is 16.7. The number of aryl methyl sites for hydroxylation is 1. The van der Waals surface area contributed by atoms with E-state index in [2.05, 4.69) is 61.4 Å². The van der Waals surface area contributed by atoms with Gasteiger partial charge >= 0.3 is 0 Å². The summed E-state index contributed by atoms with van der Waals surface area (Å²) >= 11 is 0. The lowest BCUT2D eigenvalue weighted by atomic mass is 9.84. The van der Waals surface area contributed by atoms with E-state index in [-0.39, 0.29) is 6.04 Å². The van der Waals surface area contributed by atoms with Gasteiger partial charge in [-0.15, -0.1) is 0 Å². The van der Waals surface area contributed by atoms with Gasteiger partial charge in [0.15, 0.2) is 11.5 Å². The average Bonchev–Trinajstić information content (AvgIpc) is 3.04. The fraction of sp³-hybridized carbons (Fsp3) is 0.391. The zero-order chi connectivity index (χ0) is 19.1. The molecule has 1 aliphatic heterocycles. The van der Waals surface area contributed by atoms with Crippen molar-refractivity contribution in [2.45, 2.75) is 45.2 Å². The zero-order valence-corrected chi connectivity index (χ0v) is 16.7. The molecule has 3 aromatic rings. The molecule has 1 aliphatic rings. The summed E-state index contributed by atoms with van der Waals surface area (Å²) in [7, 11) is 3.35. The third kappa shape index (κ3) is 3.08. The minimum absolute atomic E-state index is 0.247. The van der Waals surface area contributed by atoms with Crippen molar-refractivity contribution < 1.29 is 9.47 Å². The van der Waals surface area contributed by atoms with Crippen LogP contribution in [-0.2, 0) is 6.42 Å². The molecule has 0 radical (unpaired) electrons. The molecule has 2 aromatic carbocycles. The molecule has 2 N–H and O–H groups in total. The molecule has 1 aromatic heterocycles. The van der Waals surface area contributed by atoms with Gasteiger partial charge in [-0.3, -0.25) is 0 Å². The summed E-state index contributed by atoms with van der Waals surface area (Å²) in [5.41, 5.74) is 6.54. The molecule has 0 fully saturated rings. The number of hydrogen-bond donors (Lipinski definition) is 2. The predicted molar refractivity (Wildman–Crippen MR) is 110 cm³/mol. The predicted octanol–water partition coefficient (Wildman–Crippen LogP) is 4.87. The maximum Gasteiger partial charge on any atom is 0.160 e. The van der Waals surface area contributed by atoms with Gasteiger partial charge in [0.05, 0.1) is 20.3 Å². The molecular formula is C23H28N2O2. The molecule has 0 amide bonds. The maximum absolute atomic E-state index is 5.48. The van der Waals surface area contributed by atoms with Gasteiger partial charge in [0.1, 0.15) is 0 Å². The van der Waals surface area contributed by atoms with Crippen molar-refractivity contribution in [3.63, 3.8) is 0 Å². The summed E-state index contributed by atoms with van der Waals surface area (Å²) in [6.45, 7) is 6.76. The number of aromatic nitrogens is 1. The van der Waals surface area contributed by atoms with Crippen LogP contribution < -0.4 is 14.8 Å². The second-order valence-electron chi connectivity index (χ2n) is 7.69. The largest absolute Gasteiger partial charge is 0.493 e. The Morgan fingerprint density at radius 2 is 1.74 bits per heavy atom. The Morgan fingerprint density at radius 3 is 2.48 bits per heavy atom. The summed E-state index contributed by atoms with van der Waals surface area (Å²) in [6, 6.07) is 13.5. The van der Waals surface area contributed by atoms with Gasteiger partial charge in [0, 0.05) is 22.6 Å². The summed E-state index contributed by atoms with van der Waals surface area (Å²) in [4.78, 5) is 3.70. The van der Waals surface area contributed by atoms with E-state index in [1.165, 1.54) is 33.3 Å². The van der Waals surface area contributed by atoms with Gasteiger partial charge in [-0.05, 0) is 61.6 Å². The molecule has 142 valence electrons. The number of fused-ring (bicyclic) bond motifs is 3. The number of aromatic amines is 1. The highest BCUT2D eigenvalue weighted by atomic mass is 16.5. The van der Waals surface area contributed by atoms with E-state index >= 15 is 0 Å². The Hall–Kier alpha value is -2.46. The van der Waals surface area contributed by atoms with E-state index in [9.17, 15) is 0 Å². The van der Waals surface area contributed by atoms with Gasteiger partial charge < -0.3 is 19.8 Å². The Balaban J connectivity index is 1.75. The van der Waals surface area contributed by atoms with Crippen molar-refractivity contribution in [1.82, 2.24) is 10.3 Å². The van der Waals surface area contributed by atoms with Crippen LogP contribution in [0.2, 0.25) is 0 Å². The number of nitrogens with one attached hydrogen (secondary N) is 2. The van der Waals surface area contributed by atoms with E-state index in [4.69, 9.17) is 9.47 Å². The molecule has 2 heterocycles. The number of H-pyrrole nitrogens is 1. The van der Waals surface area contributed by atoms with Gasteiger partial charge in [0.2, 0.25) is 0 Å². The molecule has 0 aliphatic carbocycles. The fourth-order valence-electron chi connectivity index (χ4n) is 4.31. The van der Waals surface area contributed by atoms with E-state index < -0.39 is 0 Å². The molecule has 0 saturated heterocycles. The standard InChI is InChI=1S/C23H28N2O2/c1-13-6-8-18-17(10-13)22-14(2)15(3)24-19(23(22)25-18)11-16-7-9-20(26-4)21(12-16)27-5/h6-10,12,14-15,19,24-25H,11H2,1-5H3. The Labute approximate surface area is 160 Å². The fourth-order valence-corrected chi connectivity index (χ4v) is 4.31. The van der Waals surface area contributed by atoms with E-state index in [0.29, 0.717) is 12.0 Å². The molecule has 0 saturated carbocycles. The lowest BCUT2D eigenvalue weighted by molar-refractivity contribution is 0.353. The third-order valence-corrected chi connectivity index (χ3v) is 5.93. The maximum atomic E-state index is 5.48. The SMILES string of the molecule is COc1ccc(CC2NC(C)C(C)c3c2[nH]c2ccc(C)cc32)cc1OC. The monoisotopic (exact) mass is 364 g/mol. The average molecular weight is 364 g/mol. The molecular weight excluding hydrogens is 336 g/mol. The first kappa shape index (κ1) is 17.9. The van der Waals surface area contributed by atoms with Crippen LogP contribution in [0.5, 0.6) is 11.5 Å². The first-order valence-electron chi connectivity index (χ1n) is 9.61. The van der Waals surface area contributed by atoms with Crippen LogP contribution in [0, 0.1) is 6.92 Å². The van der Waals surface area contributed by atoms with Crippen LogP contribution >= 0.6 is 0 Å². The van der Waals surface area contributed by atoms with Crippen LogP contribution in [0.4, 0.5) is 0 Å². The number of methoxy groups -OCH3 is 2. The normalized spacial score (nSPS) is 21.9. The number of benzene rings is 2. The number of hydrogen-bond acceptors (Lipinski definition) is 3. The summed E-state index contributed by atoms with van der Waals surface area (Å²) < 4.78 is 10.9. The molecule has 4 rings (SSSR count). The van der Waals surface area contributed by atoms with Crippen LogP contribution in [0.3, 0.4) is 0 Å². The van der Waals surface area contributed by atoms with E-state index in [1.54, 1.807) is 14.2 Å². The molecule has 4 nitrogen and oxygen atoms in total. The van der Waals surface area contributed by atoms with Crippen molar-refractivity contribution in [3.05, 3.63) is 58.8 Å². The van der Waals surface area contributed by atoms with Gasteiger partial charge in [-0.1, -0.05) is 24.6 Å². The smallest absolute Gasteiger partial charge is 0.160 e. The topological polar surface area (TPSA) is 46.3 Å². The summed E-state index contributed by atoms with van der Waals surface area (Å²) in [5, 5.41) is 5.17. The first-order valence-corrected chi connectivity index (χ1v) is 9.61. The Morgan fingerprint density at radius 1 is 0.963 bits per heavy atom. The highest BCUT2D eigenvalue weighted by molar-refractivity contribution is 5.86. The van der Waals surface area contributed by atoms with Crippen LogP contribution in [0.25, 0.3) is 10.9 Å². The van der Waals surface area contributed by atoms with Crippen molar-refractivity contribution in [1.29, 1.82) is 0 Å². The molecule has 4 heteroatoms. The van der Waals surface area contributed by atoms with Gasteiger partial charge in [-0.25, -0.2) is 0 Å². The van der Waals surface area contributed by atoms with Crippen LogP contribution in [0.15, 0.2) is 36.4 Å². The summed E-state index contributed by atoms with van der Waals surface area (Å²) in [6.07, 6.45) is 0.899. The van der Waals surface area contributed by atoms with Gasteiger partial charge in [0.25, 0.3) is 0 Å². The number of rotatable bonds is 4. The highest BCUT2D eigenvalue weighted by Gasteiger charge is 2.32. The Bertz CT molecular complexity index is 976. The van der Waals surface area contributed by atoms with Crippen molar-refractivity contribution in [2.75, 3.05) is 14.2 Å². The van der Waals surface area contributed by atoms with Crippen molar-refractivity contribution in [2.24, 2.45) is 0 Å². The van der Waals surface area contributed by atoms with Crippen molar-refractivity contribution in [3.8, 4) is 11.5 Å². The molecule has 0 bridgehead atoms. The van der Waals surface area contributed by atoms with Crippen LogP contribution in [0.1, 0.15) is 48.2 Å². The molecule has 27 heavy (non-hydrogen) atoms. The highest BCUT2D eigenvalue weighted by Crippen LogP contribution is 2.40. The lowest BCUT2D eigenvalue weighted by Crippen LogP contribution is -2.40. The quantitative estimate of drug-likeness (QED) is 0.694.